The van der Waals surface area contributed by atoms with Gasteiger partial charge in [-0.2, -0.15) is 0 Å². The van der Waals surface area contributed by atoms with Gasteiger partial charge in [-0.15, -0.1) is 0 Å². The molecule has 0 aliphatic rings. The van der Waals surface area contributed by atoms with Crippen molar-refractivity contribution in [3.05, 3.63) is 33.8 Å². The van der Waals surface area contributed by atoms with Gasteiger partial charge in [0.05, 0.1) is 6.42 Å². The van der Waals surface area contributed by atoms with Crippen LogP contribution in [0.1, 0.15) is 18.0 Å². The van der Waals surface area contributed by atoms with Crippen LogP contribution < -0.4 is 0 Å². The molecule has 1 unspecified atom stereocenters. The topological polar surface area (TPSA) is 40.5 Å². The van der Waals surface area contributed by atoms with Crippen LogP contribution in [-0.4, -0.2) is 30.1 Å². The third kappa shape index (κ3) is 3.67. The van der Waals surface area contributed by atoms with E-state index in [1.165, 1.54) is 0 Å². The van der Waals surface area contributed by atoms with Crippen molar-refractivity contribution >= 4 is 29.2 Å². The lowest BCUT2D eigenvalue weighted by Gasteiger charge is -2.23. The standard InChI is InChI=1S/C11H13Cl2NO2/c1-14(2)10(6-11(15)16)7-3-8(12)5-9(13)4-7/h3-5,10H,6H2,1-2H3,(H,15,16). The molecule has 0 radical (unpaired) electrons. The quantitative estimate of drug-likeness (QED) is 0.906. The molecular formula is C11H13Cl2NO2. The Morgan fingerprint density at radius 1 is 1.31 bits per heavy atom. The number of benzene rings is 1. The Labute approximate surface area is 105 Å². The maximum Gasteiger partial charge on any atom is 0.305 e. The fourth-order valence-electron chi connectivity index (χ4n) is 1.53. The summed E-state index contributed by atoms with van der Waals surface area (Å²) in [5.74, 6) is -0.852. The summed E-state index contributed by atoms with van der Waals surface area (Å²) in [6.07, 6.45) is 0.0175. The van der Waals surface area contributed by atoms with Crippen LogP contribution in [0.2, 0.25) is 10.0 Å². The summed E-state index contributed by atoms with van der Waals surface area (Å²) in [4.78, 5) is 12.6. The van der Waals surface area contributed by atoms with E-state index in [-0.39, 0.29) is 12.5 Å². The zero-order valence-corrected chi connectivity index (χ0v) is 10.6. The van der Waals surface area contributed by atoms with Crippen molar-refractivity contribution < 1.29 is 9.90 Å². The minimum absolute atomic E-state index is 0.0175. The highest BCUT2D eigenvalue weighted by Gasteiger charge is 2.18. The van der Waals surface area contributed by atoms with E-state index in [9.17, 15) is 4.79 Å². The predicted octanol–water partition coefficient (Wildman–Crippen LogP) is 3.07. The Hall–Kier alpha value is -0.770. The number of hydrogen-bond donors (Lipinski definition) is 1. The van der Waals surface area contributed by atoms with E-state index in [1.807, 2.05) is 19.0 Å². The van der Waals surface area contributed by atoms with E-state index < -0.39 is 5.97 Å². The number of carboxylic acids is 1. The van der Waals surface area contributed by atoms with Crippen molar-refractivity contribution in [1.29, 1.82) is 0 Å². The largest absolute Gasteiger partial charge is 0.481 e. The summed E-state index contributed by atoms with van der Waals surface area (Å²) in [5, 5.41) is 9.87. The SMILES string of the molecule is CN(C)C(CC(=O)O)c1cc(Cl)cc(Cl)c1. The van der Waals surface area contributed by atoms with Gasteiger partial charge in [0, 0.05) is 16.1 Å². The maximum atomic E-state index is 10.8. The van der Waals surface area contributed by atoms with Crippen LogP contribution in [0.4, 0.5) is 0 Å². The number of halogens is 2. The van der Waals surface area contributed by atoms with Gasteiger partial charge in [0.15, 0.2) is 0 Å². The van der Waals surface area contributed by atoms with Gasteiger partial charge in [-0.05, 0) is 37.9 Å². The van der Waals surface area contributed by atoms with Crippen LogP contribution in [0, 0.1) is 0 Å². The van der Waals surface area contributed by atoms with Crippen LogP contribution in [0.3, 0.4) is 0 Å². The monoisotopic (exact) mass is 261 g/mol. The smallest absolute Gasteiger partial charge is 0.305 e. The number of carboxylic acid groups (broad SMARTS) is 1. The van der Waals surface area contributed by atoms with E-state index in [0.717, 1.165) is 5.56 Å². The molecule has 0 saturated heterocycles. The van der Waals surface area contributed by atoms with Gasteiger partial charge in [0.1, 0.15) is 0 Å². The van der Waals surface area contributed by atoms with Gasteiger partial charge in [-0.25, -0.2) is 0 Å². The number of nitrogens with zero attached hydrogens (tertiary/aromatic N) is 1. The number of rotatable bonds is 4. The van der Waals surface area contributed by atoms with Crippen molar-refractivity contribution in [3.8, 4) is 0 Å². The summed E-state index contributed by atoms with van der Waals surface area (Å²) in [7, 11) is 3.64. The van der Waals surface area contributed by atoms with Crippen LogP contribution >= 0.6 is 23.2 Å². The molecular weight excluding hydrogens is 249 g/mol. The first kappa shape index (κ1) is 13.3. The highest BCUT2D eigenvalue weighted by Crippen LogP contribution is 2.28. The number of aliphatic carboxylic acids is 1. The molecule has 1 rings (SSSR count). The van der Waals surface area contributed by atoms with Gasteiger partial charge < -0.3 is 10.0 Å². The molecule has 0 amide bonds. The minimum atomic E-state index is -0.852. The lowest BCUT2D eigenvalue weighted by molar-refractivity contribution is -0.138. The fourth-order valence-corrected chi connectivity index (χ4v) is 2.07. The van der Waals surface area contributed by atoms with E-state index in [1.54, 1.807) is 18.2 Å². The average Bonchev–Trinajstić information content (AvgIpc) is 2.11. The Morgan fingerprint density at radius 3 is 2.19 bits per heavy atom. The predicted molar refractivity (Wildman–Crippen MR) is 65.1 cm³/mol. The van der Waals surface area contributed by atoms with Gasteiger partial charge in [0.2, 0.25) is 0 Å². The van der Waals surface area contributed by atoms with Crippen molar-refractivity contribution in [2.75, 3.05) is 14.1 Å². The molecule has 1 aromatic rings. The van der Waals surface area contributed by atoms with Crippen LogP contribution in [0.15, 0.2) is 18.2 Å². The summed E-state index contributed by atoms with van der Waals surface area (Å²) in [6, 6.07) is 4.87. The van der Waals surface area contributed by atoms with E-state index in [2.05, 4.69) is 0 Å². The second kappa shape index (κ2) is 5.53. The first-order chi connectivity index (χ1) is 7.40. The Balaban J connectivity index is 3.05. The molecule has 1 N–H and O–H groups in total. The molecule has 0 aliphatic heterocycles. The summed E-state index contributed by atoms with van der Waals surface area (Å²) in [5.41, 5.74) is 0.810. The minimum Gasteiger partial charge on any atom is -0.481 e. The normalized spacial score (nSPS) is 12.8. The second-order valence-corrected chi connectivity index (χ2v) is 4.65. The second-order valence-electron chi connectivity index (χ2n) is 3.78. The first-order valence-corrected chi connectivity index (χ1v) is 5.50. The molecule has 5 heteroatoms. The maximum absolute atomic E-state index is 10.8. The van der Waals surface area contributed by atoms with Crippen LogP contribution in [0.25, 0.3) is 0 Å². The zero-order chi connectivity index (χ0) is 12.3. The highest BCUT2D eigenvalue weighted by atomic mass is 35.5. The summed E-state index contributed by atoms with van der Waals surface area (Å²) in [6.45, 7) is 0. The van der Waals surface area contributed by atoms with E-state index >= 15 is 0 Å². The molecule has 0 spiro atoms. The lowest BCUT2D eigenvalue weighted by atomic mass is 10.0. The molecule has 0 fully saturated rings. The van der Waals surface area contributed by atoms with Gasteiger partial charge >= 0.3 is 5.97 Å². The number of carbonyl (C=O) groups is 1. The van der Waals surface area contributed by atoms with Crippen LogP contribution in [0.5, 0.6) is 0 Å². The molecule has 0 heterocycles. The Bertz CT molecular complexity index is 373. The fraction of sp³-hybridized carbons (Fsp3) is 0.364. The van der Waals surface area contributed by atoms with Crippen molar-refractivity contribution in [1.82, 2.24) is 4.90 Å². The number of hydrogen-bond acceptors (Lipinski definition) is 2. The van der Waals surface area contributed by atoms with Gasteiger partial charge in [-0.1, -0.05) is 23.2 Å². The van der Waals surface area contributed by atoms with Crippen LogP contribution in [-0.2, 0) is 4.79 Å². The molecule has 0 bridgehead atoms. The Morgan fingerprint density at radius 2 is 1.81 bits per heavy atom. The van der Waals surface area contributed by atoms with Crippen molar-refractivity contribution in [3.63, 3.8) is 0 Å². The van der Waals surface area contributed by atoms with Gasteiger partial charge in [0.25, 0.3) is 0 Å². The molecule has 0 aromatic heterocycles. The molecule has 1 aromatic carbocycles. The Kier molecular flexibility index (Phi) is 4.59. The van der Waals surface area contributed by atoms with E-state index in [0.29, 0.717) is 10.0 Å². The first-order valence-electron chi connectivity index (χ1n) is 4.74. The average molecular weight is 262 g/mol. The molecule has 0 saturated carbocycles. The molecule has 0 aliphatic carbocycles. The van der Waals surface area contributed by atoms with Gasteiger partial charge in [-0.3, -0.25) is 4.79 Å². The molecule has 3 nitrogen and oxygen atoms in total. The van der Waals surface area contributed by atoms with E-state index in [4.69, 9.17) is 28.3 Å². The zero-order valence-electron chi connectivity index (χ0n) is 9.08. The molecule has 88 valence electrons. The summed E-state index contributed by atoms with van der Waals surface area (Å²) < 4.78 is 0. The lowest BCUT2D eigenvalue weighted by Crippen LogP contribution is -2.22. The third-order valence-electron chi connectivity index (χ3n) is 2.26. The third-order valence-corrected chi connectivity index (χ3v) is 2.70. The van der Waals surface area contributed by atoms with Crippen molar-refractivity contribution in [2.24, 2.45) is 0 Å². The summed E-state index contributed by atoms with van der Waals surface area (Å²) >= 11 is 11.8. The molecule has 16 heavy (non-hydrogen) atoms. The van der Waals surface area contributed by atoms with Crippen molar-refractivity contribution in [2.45, 2.75) is 12.5 Å². The highest BCUT2D eigenvalue weighted by molar-refractivity contribution is 6.34. The molecule has 1 atom stereocenters.